The molecule has 0 spiro atoms. The average Bonchev–Trinajstić information content (AvgIpc) is 3.06. The van der Waals surface area contributed by atoms with Crippen LogP contribution in [0.25, 0.3) is 0 Å². The summed E-state index contributed by atoms with van der Waals surface area (Å²) in [6.07, 6.45) is 4.91. The summed E-state index contributed by atoms with van der Waals surface area (Å²) in [5, 5.41) is 13.6. The van der Waals surface area contributed by atoms with Crippen LogP contribution in [0.2, 0.25) is 0 Å². The van der Waals surface area contributed by atoms with E-state index in [-0.39, 0.29) is 6.10 Å². The van der Waals surface area contributed by atoms with Gasteiger partial charge in [-0.1, -0.05) is 5.16 Å². The second-order valence-corrected chi connectivity index (χ2v) is 4.43. The molecule has 76 valence electrons. The first-order chi connectivity index (χ1) is 6.83. The van der Waals surface area contributed by atoms with Gasteiger partial charge in [-0.2, -0.15) is 4.98 Å². The number of nitrogens with zero attached hydrogens (tertiary/aromatic N) is 2. The molecule has 0 bridgehead atoms. The zero-order valence-corrected chi connectivity index (χ0v) is 8.02. The van der Waals surface area contributed by atoms with Crippen LogP contribution < -0.4 is 0 Å². The zero-order chi connectivity index (χ0) is 9.54. The molecule has 0 amide bonds. The van der Waals surface area contributed by atoms with Crippen LogP contribution in [-0.2, 0) is 6.42 Å². The van der Waals surface area contributed by atoms with Gasteiger partial charge in [-0.15, -0.1) is 0 Å². The van der Waals surface area contributed by atoms with Gasteiger partial charge in [0.2, 0.25) is 5.89 Å². The molecule has 4 heteroatoms. The van der Waals surface area contributed by atoms with Gasteiger partial charge < -0.3 is 9.63 Å². The smallest absolute Gasteiger partial charge is 0.229 e. The molecule has 2 aliphatic carbocycles. The minimum Gasteiger partial charge on any atom is -0.392 e. The molecule has 0 aliphatic heterocycles. The van der Waals surface area contributed by atoms with Crippen LogP contribution in [-0.4, -0.2) is 21.4 Å². The second-order valence-electron chi connectivity index (χ2n) is 4.43. The first kappa shape index (κ1) is 8.41. The number of rotatable bonds is 4. The van der Waals surface area contributed by atoms with E-state index >= 15 is 0 Å². The Bertz CT molecular complexity index is 329. The van der Waals surface area contributed by atoms with Crippen molar-refractivity contribution < 1.29 is 9.63 Å². The Hall–Kier alpha value is -0.900. The summed E-state index contributed by atoms with van der Waals surface area (Å²) in [5.74, 6) is 2.45. The average molecular weight is 194 g/mol. The summed E-state index contributed by atoms with van der Waals surface area (Å²) in [7, 11) is 0. The summed E-state index contributed by atoms with van der Waals surface area (Å²) >= 11 is 0. The molecule has 4 nitrogen and oxygen atoms in total. The molecule has 2 fully saturated rings. The first-order valence-corrected chi connectivity index (χ1v) is 5.33. The van der Waals surface area contributed by atoms with Crippen molar-refractivity contribution in [3.8, 4) is 0 Å². The molecule has 3 rings (SSSR count). The van der Waals surface area contributed by atoms with Crippen molar-refractivity contribution in [2.75, 3.05) is 0 Å². The highest BCUT2D eigenvalue weighted by Gasteiger charge is 2.32. The normalized spacial score (nSPS) is 23.8. The van der Waals surface area contributed by atoms with Gasteiger partial charge in [-0.25, -0.2) is 0 Å². The molecule has 0 radical (unpaired) electrons. The Labute approximate surface area is 82.3 Å². The summed E-state index contributed by atoms with van der Waals surface area (Å²) in [6, 6.07) is 0. The second kappa shape index (κ2) is 3.05. The molecule has 2 aliphatic rings. The Morgan fingerprint density at radius 3 is 2.79 bits per heavy atom. The van der Waals surface area contributed by atoms with Crippen molar-refractivity contribution in [2.24, 2.45) is 5.92 Å². The predicted octanol–water partition coefficient (Wildman–Crippen LogP) is 1.26. The Balaban J connectivity index is 1.63. The third-order valence-electron chi connectivity index (χ3n) is 2.98. The Morgan fingerprint density at radius 1 is 1.36 bits per heavy atom. The third kappa shape index (κ3) is 1.66. The maximum absolute atomic E-state index is 9.68. The first-order valence-electron chi connectivity index (χ1n) is 5.33. The van der Waals surface area contributed by atoms with E-state index < -0.39 is 0 Å². The van der Waals surface area contributed by atoms with E-state index in [1.165, 1.54) is 12.8 Å². The molecule has 0 saturated heterocycles. The van der Waals surface area contributed by atoms with Gasteiger partial charge in [0.05, 0.1) is 12.5 Å². The standard InChI is InChI=1S/C10H14N2O2/c13-8(6-1-2-6)5-9-11-10(12-14-9)7-3-4-7/h6-8,13H,1-5H2. The van der Waals surface area contributed by atoms with E-state index in [9.17, 15) is 5.11 Å². The van der Waals surface area contributed by atoms with E-state index in [0.717, 1.165) is 18.7 Å². The van der Waals surface area contributed by atoms with Crippen molar-refractivity contribution in [2.45, 2.75) is 44.1 Å². The fourth-order valence-corrected chi connectivity index (χ4v) is 1.68. The molecule has 1 N–H and O–H groups in total. The zero-order valence-electron chi connectivity index (χ0n) is 8.02. The topological polar surface area (TPSA) is 59.2 Å². The van der Waals surface area contributed by atoms with E-state index in [4.69, 9.17) is 4.52 Å². The van der Waals surface area contributed by atoms with Gasteiger partial charge in [-0.3, -0.25) is 0 Å². The van der Waals surface area contributed by atoms with Crippen LogP contribution in [0.5, 0.6) is 0 Å². The lowest BCUT2D eigenvalue weighted by Gasteiger charge is -2.03. The summed E-state index contributed by atoms with van der Waals surface area (Å²) in [4.78, 5) is 4.28. The maximum Gasteiger partial charge on any atom is 0.229 e. The lowest BCUT2D eigenvalue weighted by atomic mass is 10.2. The highest BCUT2D eigenvalue weighted by Crippen LogP contribution is 2.38. The number of aliphatic hydroxyl groups excluding tert-OH is 1. The summed E-state index contributed by atoms with van der Waals surface area (Å²) in [5.41, 5.74) is 0. The van der Waals surface area contributed by atoms with E-state index in [1.807, 2.05) is 0 Å². The van der Waals surface area contributed by atoms with Crippen molar-refractivity contribution in [3.63, 3.8) is 0 Å². The van der Waals surface area contributed by atoms with Crippen LogP contribution >= 0.6 is 0 Å². The van der Waals surface area contributed by atoms with E-state index in [2.05, 4.69) is 10.1 Å². The molecule has 2 saturated carbocycles. The molecule has 1 heterocycles. The third-order valence-corrected chi connectivity index (χ3v) is 2.98. The lowest BCUT2D eigenvalue weighted by molar-refractivity contribution is 0.140. The van der Waals surface area contributed by atoms with Gasteiger partial charge in [0.15, 0.2) is 5.82 Å². The molecule has 1 atom stereocenters. The molecular weight excluding hydrogens is 180 g/mol. The Kier molecular flexibility index (Phi) is 1.83. The molecule has 14 heavy (non-hydrogen) atoms. The minimum atomic E-state index is -0.275. The van der Waals surface area contributed by atoms with Crippen LogP contribution in [0, 0.1) is 5.92 Å². The lowest BCUT2D eigenvalue weighted by Crippen LogP contribution is -2.12. The van der Waals surface area contributed by atoms with Gasteiger partial charge in [0, 0.05) is 5.92 Å². The number of aromatic nitrogens is 2. The quantitative estimate of drug-likeness (QED) is 0.783. The van der Waals surface area contributed by atoms with E-state index in [0.29, 0.717) is 24.1 Å². The van der Waals surface area contributed by atoms with Crippen LogP contribution in [0.1, 0.15) is 43.3 Å². The van der Waals surface area contributed by atoms with Crippen molar-refractivity contribution in [1.29, 1.82) is 0 Å². The van der Waals surface area contributed by atoms with E-state index in [1.54, 1.807) is 0 Å². The molecule has 1 unspecified atom stereocenters. The Morgan fingerprint density at radius 2 is 2.14 bits per heavy atom. The highest BCUT2D eigenvalue weighted by molar-refractivity contribution is 5.04. The van der Waals surface area contributed by atoms with Gasteiger partial charge >= 0.3 is 0 Å². The van der Waals surface area contributed by atoms with Crippen molar-refractivity contribution in [1.82, 2.24) is 10.1 Å². The molecular formula is C10H14N2O2. The van der Waals surface area contributed by atoms with Crippen molar-refractivity contribution in [3.05, 3.63) is 11.7 Å². The predicted molar refractivity (Wildman–Crippen MR) is 48.7 cm³/mol. The van der Waals surface area contributed by atoms with Crippen molar-refractivity contribution >= 4 is 0 Å². The fraction of sp³-hybridized carbons (Fsp3) is 0.800. The molecule has 1 aromatic rings. The van der Waals surface area contributed by atoms with Crippen LogP contribution in [0.4, 0.5) is 0 Å². The SMILES string of the molecule is OC(Cc1nc(C2CC2)no1)C1CC1. The largest absolute Gasteiger partial charge is 0.392 e. The summed E-state index contributed by atoms with van der Waals surface area (Å²) in [6.45, 7) is 0. The number of hydrogen-bond acceptors (Lipinski definition) is 4. The van der Waals surface area contributed by atoms with Crippen LogP contribution in [0.15, 0.2) is 4.52 Å². The van der Waals surface area contributed by atoms with Crippen LogP contribution in [0.3, 0.4) is 0 Å². The monoisotopic (exact) mass is 194 g/mol. The summed E-state index contributed by atoms with van der Waals surface area (Å²) < 4.78 is 5.09. The van der Waals surface area contributed by atoms with Gasteiger partial charge in [0.1, 0.15) is 0 Å². The molecule has 1 aromatic heterocycles. The van der Waals surface area contributed by atoms with Gasteiger partial charge in [-0.05, 0) is 31.6 Å². The van der Waals surface area contributed by atoms with Gasteiger partial charge in [0.25, 0.3) is 0 Å². The fourth-order valence-electron chi connectivity index (χ4n) is 1.68. The number of hydrogen-bond donors (Lipinski definition) is 1. The minimum absolute atomic E-state index is 0.275. The maximum atomic E-state index is 9.68. The molecule has 0 aromatic carbocycles. The number of aliphatic hydroxyl groups is 1. The highest BCUT2D eigenvalue weighted by atomic mass is 16.5.